The third-order valence-electron chi connectivity index (χ3n) is 4.66. The van der Waals surface area contributed by atoms with E-state index in [-0.39, 0.29) is 11.9 Å². The van der Waals surface area contributed by atoms with Gasteiger partial charge in [-0.1, -0.05) is 12.1 Å². The number of hydrogen-bond acceptors (Lipinski definition) is 7. The highest BCUT2D eigenvalue weighted by molar-refractivity contribution is 5.84. The molecular formula is C17H17N7O. The molecule has 126 valence electrons. The summed E-state index contributed by atoms with van der Waals surface area (Å²) in [5, 5.41) is 0. The number of piperidine rings is 1. The van der Waals surface area contributed by atoms with Crippen LogP contribution in [0.5, 0.6) is 0 Å². The first-order valence-electron chi connectivity index (χ1n) is 8.35. The summed E-state index contributed by atoms with van der Waals surface area (Å²) in [4.78, 5) is 22.8. The number of fused-ring (bicyclic) bond motifs is 2. The molecule has 1 fully saturated rings. The van der Waals surface area contributed by atoms with Crippen LogP contribution in [0.25, 0.3) is 22.3 Å². The number of oxazole rings is 1. The van der Waals surface area contributed by atoms with E-state index in [0.717, 1.165) is 54.3 Å². The van der Waals surface area contributed by atoms with E-state index in [9.17, 15) is 0 Å². The van der Waals surface area contributed by atoms with Gasteiger partial charge in [0.1, 0.15) is 11.0 Å². The van der Waals surface area contributed by atoms with Gasteiger partial charge in [-0.3, -0.25) is 0 Å². The standard InChI is InChI=1S/C17H17N7O/c18-17-22-14-13(19-9-20-14)15(23-17)24-7-3-4-10(8-24)16-21-11-5-1-2-6-12(11)25-16/h1-2,5-6,9-10H,3-4,7-8H2,(H3,18,19,20,22,23). The molecule has 0 bridgehead atoms. The van der Waals surface area contributed by atoms with Crippen molar-refractivity contribution in [1.29, 1.82) is 0 Å². The smallest absolute Gasteiger partial charge is 0.224 e. The lowest BCUT2D eigenvalue weighted by molar-refractivity contribution is 0.412. The molecule has 0 spiro atoms. The summed E-state index contributed by atoms with van der Waals surface area (Å²) in [5.41, 5.74) is 8.99. The number of nitrogens with two attached hydrogens (primary N) is 1. The predicted molar refractivity (Wildman–Crippen MR) is 94.3 cm³/mol. The Labute approximate surface area is 143 Å². The first-order valence-corrected chi connectivity index (χ1v) is 8.35. The maximum Gasteiger partial charge on any atom is 0.224 e. The van der Waals surface area contributed by atoms with Crippen LogP contribution in [0.15, 0.2) is 35.0 Å². The molecule has 0 saturated carbocycles. The van der Waals surface area contributed by atoms with E-state index in [1.807, 2.05) is 24.3 Å². The predicted octanol–water partition coefficient (Wildman–Crippen LogP) is 2.46. The number of anilines is 2. The maximum atomic E-state index is 5.97. The van der Waals surface area contributed by atoms with Gasteiger partial charge < -0.3 is 20.0 Å². The summed E-state index contributed by atoms with van der Waals surface area (Å²) >= 11 is 0. The van der Waals surface area contributed by atoms with Crippen molar-refractivity contribution in [3.05, 3.63) is 36.5 Å². The van der Waals surface area contributed by atoms with Crippen LogP contribution in [0.3, 0.4) is 0 Å². The zero-order chi connectivity index (χ0) is 16.8. The average Bonchev–Trinajstić information content (AvgIpc) is 3.27. The van der Waals surface area contributed by atoms with Gasteiger partial charge in [-0.25, -0.2) is 9.97 Å². The minimum atomic E-state index is 0.218. The van der Waals surface area contributed by atoms with Gasteiger partial charge in [-0.2, -0.15) is 9.97 Å². The highest BCUT2D eigenvalue weighted by Gasteiger charge is 2.28. The summed E-state index contributed by atoms with van der Waals surface area (Å²) in [6.45, 7) is 1.68. The maximum absolute atomic E-state index is 5.97. The molecule has 0 aliphatic carbocycles. The first kappa shape index (κ1) is 14.2. The Morgan fingerprint density at radius 1 is 1.20 bits per heavy atom. The molecule has 1 unspecified atom stereocenters. The second kappa shape index (κ2) is 5.44. The summed E-state index contributed by atoms with van der Waals surface area (Å²) in [6, 6.07) is 7.86. The largest absolute Gasteiger partial charge is 0.440 e. The molecule has 1 atom stereocenters. The molecule has 25 heavy (non-hydrogen) atoms. The summed E-state index contributed by atoms with van der Waals surface area (Å²) < 4.78 is 5.97. The Balaban J connectivity index is 1.50. The number of nitrogens with zero attached hydrogens (tertiary/aromatic N) is 5. The molecule has 8 heteroatoms. The number of benzene rings is 1. The summed E-state index contributed by atoms with van der Waals surface area (Å²) in [6.07, 6.45) is 3.68. The van der Waals surface area contributed by atoms with Crippen molar-refractivity contribution in [2.75, 3.05) is 23.7 Å². The highest BCUT2D eigenvalue weighted by Crippen LogP contribution is 2.32. The van der Waals surface area contributed by atoms with Gasteiger partial charge in [0.25, 0.3) is 0 Å². The fourth-order valence-electron chi connectivity index (χ4n) is 3.50. The molecule has 3 N–H and O–H groups in total. The van der Waals surface area contributed by atoms with Crippen LogP contribution < -0.4 is 10.6 Å². The van der Waals surface area contributed by atoms with E-state index in [0.29, 0.717) is 5.65 Å². The lowest BCUT2D eigenvalue weighted by Gasteiger charge is -2.32. The van der Waals surface area contributed by atoms with Crippen LogP contribution in [0.1, 0.15) is 24.7 Å². The minimum absolute atomic E-state index is 0.218. The Morgan fingerprint density at radius 2 is 2.12 bits per heavy atom. The zero-order valence-corrected chi connectivity index (χ0v) is 13.5. The number of nitrogens with one attached hydrogen (secondary N) is 1. The van der Waals surface area contributed by atoms with Crippen molar-refractivity contribution in [2.24, 2.45) is 0 Å². The van der Waals surface area contributed by atoms with Crippen LogP contribution in [0, 0.1) is 0 Å². The van der Waals surface area contributed by atoms with E-state index >= 15 is 0 Å². The van der Waals surface area contributed by atoms with Gasteiger partial charge in [0.2, 0.25) is 5.95 Å². The van der Waals surface area contributed by atoms with E-state index < -0.39 is 0 Å². The molecule has 8 nitrogen and oxygen atoms in total. The van der Waals surface area contributed by atoms with Crippen molar-refractivity contribution < 1.29 is 4.42 Å². The quantitative estimate of drug-likeness (QED) is 0.579. The van der Waals surface area contributed by atoms with Crippen LogP contribution in [0.4, 0.5) is 11.8 Å². The van der Waals surface area contributed by atoms with Crippen molar-refractivity contribution in [2.45, 2.75) is 18.8 Å². The van der Waals surface area contributed by atoms with Gasteiger partial charge in [0, 0.05) is 13.1 Å². The van der Waals surface area contributed by atoms with Crippen LogP contribution in [-0.4, -0.2) is 38.0 Å². The lowest BCUT2D eigenvalue weighted by atomic mass is 9.98. The molecule has 5 rings (SSSR count). The third-order valence-corrected chi connectivity index (χ3v) is 4.66. The Kier molecular flexibility index (Phi) is 3.09. The van der Waals surface area contributed by atoms with Crippen molar-refractivity contribution in [1.82, 2.24) is 24.9 Å². The number of aromatic amines is 1. The third kappa shape index (κ3) is 2.37. The Hall–Kier alpha value is -3.16. The SMILES string of the molecule is Nc1nc(N2CCCC(c3nc4ccccc4o3)C2)c2[nH]cnc2n1. The molecule has 4 aromatic rings. The molecule has 0 amide bonds. The number of rotatable bonds is 2. The van der Waals surface area contributed by atoms with Gasteiger partial charge in [-0.15, -0.1) is 0 Å². The number of hydrogen-bond donors (Lipinski definition) is 2. The molecule has 1 aromatic carbocycles. The summed E-state index contributed by atoms with van der Waals surface area (Å²) in [5.74, 6) is 2.03. The summed E-state index contributed by atoms with van der Waals surface area (Å²) in [7, 11) is 0. The number of para-hydroxylation sites is 2. The first-order chi connectivity index (χ1) is 12.3. The topological polar surface area (TPSA) is 110 Å². The molecular weight excluding hydrogens is 318 g/mol. The van der Waals surface area contributed by atoms with Gasteiger partial charge in [0.05, 0.1) is 12.2 Å². The number of imidazole rings is 1. The van der Waals surface area contributed by atoms with E-state index in [2.05, 4.69) is 29.8 Å². The molecule has 0 radical (unpaired) electrons. The average molecular weight is 335 g/mol. The molecule has 1 aliphatic heterocycles. The van der Waals surface area contributed by atoms with Gasteiger partial charge in [-0.05, 0) is 25.0 Å². The fourth-order valence-corrected chi connectivity index (χ4v) is 3.50. The normalized spacial score (nSPS) is 18.2. The van der Waals surface area contributed by atoms with Crippen molar-refractivity contribution in [3.63, 3.8) is 0 Å². The lowest BCUT2D eigenvalue weighted by Crippen LogP contribution is -2.35. The molecule has 1 saturated heterocycles. The Bertz CT molecular complexity index is 1020. The van der Waals surface area contributed by atoms with Crippen LogP contribution in [0.2, 0.25) is 0 Å². The minimum Gasteiger partial charge on any atom is -0.440 e. The molecule has 3 aromatic heterocycles. The molecule has 1 aliphatic rings. The van der Waals surface area contributed by atoms with Gasteiger partial charge in [0.15, 0.2) is 22.9 Å². The highest BCUT2D eigenvalue weighted by atomic mass is 16.3. The second-order valence-corrected chi connectivity index (χ2v) is 6.31. The van der Waals surface area contributed by atoms with Crippen LogP contribution in [-0.2, 0) is 0 Å². The second-order valence-electron chi connectivity index (χ2n) is 6.31. The number of nitrogen functional groups attached to an aromatic ring is 1. The monoisotopic (exact) mass is 335 g/mol. The number of aromatic nitrogens is 5. The van der Waals surface area contributed by atoms with Crippen molar-refractivity contribution >= 4 is 34.0 Å². The van der Waals surface area contributed by atoms with E-state index in [4.69, 9.17) is 10.2 Å². The van der Waals surface area contributed by atoms with Crippen molar-refractivity contribution in [3.8, 4) is 0 Å². The zero-order valence-electron chi connectivity index (χ0n) is 13.5. The van der Waals surface area contributed by atoms with Crippen LogP contribution >= 0.6 is 0 Å². The Morgan fingerprint density at radius 3 is 3.04 bits per heavy atom. The number of H-pyrrole nitrogens is 1. The van der Waals surface area contributed by atoms with E-state index in [1.165, 1.54) is 0 Å². The van der Waals surface area contributed by atoms with E-state index in [1.54, 1.807) is 6.33 Å². The molecule has 4 heterocycles. The van der Waals surface area contributed by atoms with Gasteiger partial charge >= 0.3 is 0 Å². The fraction of sp³-hybridized carbons (Fsp3) is 0.294.